The Balaban J connectivity index is 1.72. The monoisotopic (exact) mass is 389 g/mol. The molecule has 2 heterocycles. The number of rotatable bonds is 5. The van der Waals surface area contributed by atoms with Crippen LogP contribution in [0.5, 0.6) is 0 Å². The summed E-state index contributed by atoms with van der Waals surface area (Å²) in [6.07, 6.45) is 3.55. The average molecular weight is 390 g/mol. The Hall–Kier alpha value is -1.48. The molecule has 1 aromatic heterocycles. The number of hydrogen-bond donors (Lipinski definition) is 2. The third-order valence-corrected chi connectivity index (χ3v) is 5.40. The Morgan fingerprint density at radius 1 is 1.36 bits per heavy atom. The lowest BCUT2D eigenvalue weighted by atomic mass is 10.2. The van der Waals surface area contributed by atoms with Gasteiger partial charge in [0.05, 0.1) is 17.1 Å². The third-order valence-electron chi connectivity index (χ3n) is 3.20. The van der Waals surface area contributed by atoms with Gasteiger partial charge in [0.1, 0.15) is 0 Å². The molecule has 1 atom stereocenters. The highest BCUT2D eigenvalue weighted by Gasteiger charge is 2.28. The molecule has 0 spiro atoms. The lowest BCUT2D eigenvalue weighted by Crippen LogP contribution is -2.37. The first kappa shape index (κ1) is 16.9. The van der Waals surface area contributed by atoms with Crippen LogP contribution in [0.25, 0.3) is 0 Å². The number of carbonyl (C=O) groups excluding carboxylic acids is 2. The molecule has 2 rings (SSSR count). The van der Waals surface area contributed by atoms with Gasteiger partial charge in [0.2, 0.25) is 5.91 Å². The lowest BCUT2D eigenvalue weighted by Gasteiger charge is -2.11. The number of carbonyl (C=O) groups is 2. The highest BCUT2D eigenvalue weighted by atomic mass is 79.9. The van der Waals surface area contributed by atoms with E-state index in [0.29, 0.717) is 16.5 Å². The molecular weight excluding hydrogens is 374 g/mol. The van der Waals surface area contributed by atoms with Gasteiger partial charge in [-0.3, -0.25) is 14.6 Å². The van der Waals surface area contributed by atoms with Crippen LogP contribution in [0.1, 0.15) is 23.2 Å². The molecule has 0 aliphatic carbocycles. The van der Waals surface area contributed by atoms with Crippen LogP contribution in [0.2, 0.25) is 0 Å². The minimum Gasteiger partial charge on any atom is -0.352 e. The van der Waals surface area contributed by atoms with Crippen molar-refractivity contribution < 1.29 is 18.0 Å². The second kappa shape index (κ2) is 7.19. The van der Waals surface area contributed by atoms with Crippen LogP contribution < -0.4 is 10.6 Å². The Labute approximate surface area is 136 Å². The number of halogens is 1. The Morgan fingerprint density at radius 2 is 2.14 bits per heavy atom. The van der Waals surface area contributed by atoms with Gasteiger partial charge in [0.25, 0.3) is 5.91 Å². The maximum Gasteiger partial charge on any atom is 0.252 e. The average Bonchev–Trinajstić information content (AvgIpc) is 2.77. The van der Waals surface area contributed by atoms with E-state index in [4.69, 9.17) is 0 Å². The molecule has 1 saturated heterocycles. The highest BCUT2D eigenvalue weighted by Crippen LogP contribution is 2.11. The SMILES string of the molecule is O=C(CCNC(=O)c1cncc(Br)c1)N[C@H]1CCS(=O)(=O)C1. The van der Waals surface area contributed by atoms with Crippen LogP contribution >= 0.6 is 15.9 Å². The third kappa shape index (κ3) is 5.06. The second-order valence-corrected chi connectivity index (χ2v) is 8.21. The number of sulfone groups is 1. The largest absolute Gasteiger partial charge is 0.352 e. The quantitative estimate of drug-likeness (QED) is 0.751. The number of aromatic nitrogens is 1. The Morgan fingerprint density at radius 3 is 2.77 bits per heavy atom. The van der Waals surface area contributed by atoms with Crippen molar-refractivity contribution in [1.82, 2.24) is 15.6 Å². The first-order chi connectivity index (χ1) is 10.4. The Kier molecular flexibility index (Phi) is 5.52. The van der Waals surface area contributed by atoms with Gasteiger partial charge < -0.3 is 10.6 Å². The fourth-order valence-corrected chi connectivity index (χ4v) is 4.17. The zero-order valence-corrected chi connectivity index (χ0v) is 14.1. The molecule has 0 radical (unpaired) electrons. The van der Waals surface area contributed by atoms with Crippen molar-refractivity contribution >= 4 is 37.6 Å². The van der Waals surface area contributed by atoms with Crippen molar-refractivity contribution in [2.45, 2.75) is 18.9 Å². The fourth-order valence-electron chi connectivity index (χ4n) is 2.14. The normalized spacial score (nSPS) is 19.6. The van der Waals surface area contributed by atoms with E-state index < -0.39 is 9.84 Å². The summed E-state index contributed by atoms with van der Waals surface area (Å²) in [6, 6.07) is 1.31. The van der Waals surface area contributed by atoms with E-state index in [2.05, 4.69) is 31.5 Å². The molecule has 0 bridgehead atoms. The van der Waals surface area contributed by atoms with E-state index in [1.807, 2.05) is 0 Å². The van der Waals surface area contributed by atoms with Crippen LogP contribution in [0.15, 0.2) is 22.9 Å². The van der Waals surface area contributed by atoms with E-state index in [1.165, 1.54) is 6.20 Å². The standard InChI is InChI=1S/C13H16BrN3O4S/c14-10-5-9(6-15-7-10)13(19)16-3-1-12(18)17-11-2-4-22(20,21)8-11/h5-7,11H,1-4,8H2,(H,16,19)(H,17,18)/t11-/m0/s1. The van der Waals surface area contributed by atoms with Crippen LogP contribution in [0, 0.1) is 0 Å². The molecule has 1 fully saturated rings. The number of nitrogens with zero attached hydrogens (tertiary/aromatic N) is 1. The van der Waals surface area contributed by atoms with Gasteiger partial charge in [-0.1, -0.05) is 0 Å². The van der Waals surface area contributed by atoms with Crippen LogP contribution in [0.3, 0.4) is 0 Å². The molecule has 1 aromatic rings. The minimum atomic E-state index is -3.01. The first-order valence-electron chi connectivity index (χ1n) is 6.74. The molecular formula is C13H16BrN3O4S. The first-order valence-corrected chi connectivity index (χ1v) is 9.36. The maximum atomic E-state index is 11.8. The molecule has 120 valence electrons. The van der Waals surface area contributed by atoms with Crippen molar-refractivity contribution in [1.29, 1.82) is 0 Å². The maximum absolute atomic E-state index is 11.8. The number of nitrogens with one attached hydrogen (secondary N) is 2. The van der Waals surface area contributed by atoms with Gasteiger partial charge in [-0.25, -0.2) is 8.42 Å². The van der Waals surface area contributed by atoms with Crippen molar-refractivity contribution in [2.24, 2.45) is 0 Å². The molecule has 2 amide bonds. The van der Waals surface area contributed by atoms with E-state index in [-0.39, 0.29) is 42.3 Å². The molecule has 9 heteroatoms. The van der Waals surface area contributed by atoms with Gasteiger partial charge in [-0.05, 0) is 28.4 Å². The van der Waals surface area contributed by atoms with Crippen LogP contribution in [0.4, 0.5) is 0 Å². The summed E-state index contributed by atoms with van der Waals surface area (Å²) in [7, 11) is -3.01. The summed E-state index contributed by atoms with van der Waals surface area (Å²) < 4.78 is 23.3. The van der Waals surface area contributed by atoms with Crippen molar-refractivity contribution in [3.63, 3.8) is 0 Å². The van der Waals surface area contributed by atoms with Crippen molar-refractivity contribution in [3.8, 4) is 0 Å². The molecule has 7 nitrogen and oxygen atoms in total. The predicted octanol–water partition coefficient (Wildman–Crippen LogP) is 0.267. The summed E-state index contributed by atoms with van der Waals surface area (Å²) in [5.74, 6) is -0.473. The number of pyridine rings is 1. The van der Waals surface area contributed by atoms with E-state index in [0.717, 1.165) is 0 Å². The van der Waals surface area contributed by atoms with Gasteiger partial charge in [0, 0.05) is 35.9 Å². The zero-order valence-electron chi connectivity index (χ0n) is 11.7. The highest BCUT2D eigenvalue weighted by molar-refractivity contribution is 9.10. The molecule has 2 N–H and O–H groups in total. The Bertz CT molecular complexity index is 678. The number of hydrogen-bond acceptors (Lipinski definition) is 5. The van der Waals surface area contributed by atoms with Gasteiger partial charge in [0.15, 0.2) is 9.84 Å². The minimum absolute atomic E-state index is 0.00515. The van der Waals surface area contributed by atoms with Crippen LogP contribution in [-0.4, -0.2) is 49.3 Å². The predicted molar refractivity (Wildman–Crippen MR) is 84.1 cm³/mol. The topological polar surface area (TPSA) is 105 Å². The smallest absolute Gasteiger partial charge is 0.252 e. The molecule has 0 aromatic carbocycles. The molecule has 0 unspecified atom stereocenters. The summed E-state index contributed by atoms with van der Waals surface area (Å²) in [5.41, 5.74) is 0.400. The van der Waals surface area contributed by atoms with Crippen LogP contribution in [-0.2, 0) is 14.6 Å². The number of amides is 2. The van der Waals surface area contributed by atoms with Crippen molar-refractivity contribution in [2.75, 3.05) is 18.1 Å². The zero-order chi connectivity index (χ0) is 16.2. The van der Waals surface area contributed by atoms with Crippen molar-refractivity contribution in [3.05, 3.63) is 28.5 Å². The summed E-state index contributed by atoms with van der Waals surface area (Å²) >= 11 is 3.22. The van der Waals surface area contributed by atoms with Gasteiger partial charge in [-0.2, -0.15) is 0 Å². The summed E-state index contributed by atoms with van der Waals surface area (Å²) in [5, 5.41) is 5.29. The fraction of sp³-hybridized carbons (Fsp3) is 0.462. The summed E-state index contributed by atoms with van der Waals surface area (Å²) in [4.78, 5) is 27.4. The van der Waals surface area contributed by atoms with Gasteiger partial charge in [-0.15, -0.1) is 0 Å². The molecule has 22 heavy (non-hydrogen) atoms. The summed E-state index contributed by atoms with van der Waals surface area (Å²) in [6.45, 7) is 0.177. The van der Waals surface area contributed by atoms with E-state index in [9.17, 15) is 18.0 Å². The van der Waals surface area contributed by atoms with E-state index in [1.54, 1.807) is 12.3 Å². The second-order valence-electron chi connectivity index (χ2n) is 5.07. The molecule has 1 aliphatic heterocycles. The molecule has 0 saturated carbocycles. The van der Waals surface area contributed by atoms with E-state index >= 15 is 0 Å². The lowest BCUT2D eigenvalue weighted by molar-refractivity contribution is -0.121. The molecule has 1 aliphatic rings. The van der Waals surface area contributed by atoms with Gasteiger partial charge >= 0.3 is 0 Å².